The first kappa shape index (κ1) is 14.6. The van der Waals surface area contributed by atoms with Gasteiger partial charge in [0.25, 0.3) is 5.91 Å². The zero-order valence-corrected chi connectivity index (χ0v) is 12.3. The third-order valence-electron chi connectivity index (χ3n) is 3.27. The summed E-state index contributed by atoms with van der Waals surface area (Å²) in [6.07, 6.45) is 1.90. The van der Waals surface area contributed by atoms with E-state index in [2.05, 4.69) is 5.10 Å². The van der Waals surface area contributed by atoms with Crippen LogP contribution in [0.3, 0.4) is 0 Å². The van der Waals surface area contributed by atoms with Crippen LogP contribution in [0.25, 0.3) is 0 Å². The lowest BCUT2D eigenvalue weighted by Crippen LogP contribution is -2.39. The Bertz CT molecular complexity index is 506. The number of amides is 1. The summed E-state index contributed by atoms with van der Waals surface area (Å²) in [7, 11) is 0. The van der Waals surface area contributed by atoms with Crippen molar-refractivity contribution in [2.45, 2.75) is 46.2 Å². The van der Waals surface area contributed by atoms with Crippen LogP contribution in [0, 0.1) is 6.92 Å². The second-order valence-corrected chi connectivity index (χ2v) is 4.96. The van der Waals surface area contributed by atoms with E-state index in [0.29, 0.717) is 18.8 Å². The predicted molar refractivity (Wildman–Crippen MR) is 73.3 cm³/mol. The van der Waals surface area contributed by atoms with E-state index in [1.165, 1.54) is 0 Å². The van der Waals surface area contributed by atoms with Crippen molar-refractivity contribution in [1.29, 1.82) is 0 Å². The summed E-state index contributed by atoms with van der Waals surface area (Å²) in [6, 6.07) is 1.93. The number of hydrogen-bond acceptors (Lipinski definition) is 4. The van der Waals surface area contributed by atoms with Crippen molar-refractivity contribution in [3.8, 4) is 0 Å². The number of esters is 1. The number of nitrogens with zero attached hydrogens (tertiary/aromatic N) is 3. The minimum absolute atomic E-state index is 0.0191. The van der Waals surface area contributed by atoms with E-state index in [4.69, 9.17) is 4.74 Å². The summed E-state index contributed by atoms with van der Waals surface area (Å²) >= 11 is 0. The highest BCUT2D eigenvalue weighted by atomic mass is 16.5. The highest BCUT2D eigenvalue weighted by molar-refractivity contribution is 5.95. The normalized spacial score (nSPS) is 14.2. The minimum Gasteiger partial charge on any atom is -0.465 e. The lowest BCUT2D eigenvalue weighted by Gasteiger charge is -2.21. The van der Waals surface area contributed by atoms with Crippen LogP contribution in [-0.4, -0.2) is 45.8 Å². The summed E-state index contributed by atoms with van der Waals surface area (Å²) in [5, 5.41) is 4.28. The number of aromatic nitrogens is 2. The summed E-state index contributed by atoms with van der Waals surface area (Å²) in [5.74, 6) is -0.491. The Balaban J connectivity index is 2.16. The average Bonchev–Trinajstić information content (AvgIpc) is 3.18. The Hall–Kier alpha value is -1.85. The van der Waals surface area contributed by atoms with Crippen LogP contribution in [-0.2, 0) is 16.1 Å². The molecule has 6 heteroatoms. The van der Waals surface area contributed by atoms with E-state index in [-0.39, 0.29) is 24.5 Å². The molecular formula is C14H21N3O3. The third kappa shape index (κ3) is 3.18. The van der Waals surface area contributed by atoms with E-state index < -0.39 is 0 Å². The van der Waals surface area contributed by atoms with Crippen LogP contribution in [0.4, 0.5) is 0 Å². The van der Waals surface area contributed by atoms with Crippen LogP contribution < -0.4 is 0 Å². The largest absolute Gasteiger partial charge is 0.465 e. The molecule has 6 nitrogen and oxygen atoms in total. The van der Waals surface area contributed by atoms with Crippen LogP contribution in [0.5, 0.6) is 0 Å². The first-order chi connectivity index (χ1) is 9.56. The second-order valence-electron chi connectivity index (χ2n) is 4.96. The topological polar surface area (TPSA) is 64.4 Å². The van der Waals surface area contributed by atoms with Gasteiger partial charge in [-0.3, -0.25) is 14.3 Å². The number of rotatable bonds is 6. The van der Waals surface area contributed by atoms with Gasteiger partial charge < -0.3 is 9.64 Å². The van der Waals surface area contributed by atoms with Gasteiger partial charge in [0.15, 0.2) is 0 Å². The van der Waals surface area contributed by atoms with Gasteiger partial charge in [0.05, 0.1) is 12.3 Å². The van der Waals surface area contributed by atoms with Crippen molar-refractivity contribution in [3.05, 3.63) is 17.5 Å². The molecule has 0 radical (unpaired) electrons. The average molecular weight is 279 g/mol. The van der Waals surface area contributed by atoms with Crippen molar-refractivity contribution in [2.24, 2.45) is 0 Å². The van der Waals surface area contributed by atoms with Crippen molar-refractivity contribution in [1.82, 2.24) is 14.7 Å². The molecule has 0 spiro atoms. The SMILES string of the molecule is CCOC(=O)CN(C(=O)c1cc(C)nn1CC)C1CC1. The molecule has 0 bridgehead atoms. The van der Waals surface area contributed by atoms with E-state index in [0.717, 1.165) is 18.5 Å². The molecule has 0 saturated heterocycles. The number of aryl methyl sites for hydroxylation is 2. The van der Waals surface area contributed by atoms with Gasteiger partial charge in [-0.25, -0.2) is 0 Å². The van der Waals surface area contributed by atoms with Gasteiger partial charge >= 0.3 is 5.97 Å². The van der Waals surface area contributed by atoms with E-state index in [1.807, 2.05) is 13.8 Å². The van der Waals surface area contributed by atoms with Gasteiger partial charge in [0.2, 0.25) is 0 Å². The first-order valence-electron chi connectivity index (χ1n) is 7.07. The van der Waals surface area contributed by atoms with Crippen LogP contribution in [0.15, 0.2) is 6.07 Å². The minimum atomic E-state index is -0.355. The maximum atomic E-state index is 12.6. The molecule has 110 valence electrons. The fourth-order valence-electron chi connectivity index (χ4n) is 2.20. The third-order valence-corrected chi connectivity index (χ3v) is 3.27. The molecule has 1 aliphatic carbocycles. The molecule has 1 heterocycles. The summed E-state index contributed by atoms with van der Waals surface area (Å²) in [6.45, 7) is 6.54. The zero-order valence-electron chi connectivity index (χ0n) is 12.3. The highest BCUT2D eigenvalue weighted by Gasteiger charge is 2.35. The van der Waals surface area contributed by atoms with Gasteiger partial charge in [0, 0.05) is 12.6 Å². The molecule has 0 aromatic carbocycles. The van der Waals surface area contributed by atoms with E-state index >= 15 is 0 Å². The van der Waals surface area contributed by atoms with Crippen LogP contribution in [0.1, 0.15) is 42.9 Å². The molecule has 1 aliphatic rings. The molecule has 1 fully saturated rings. The highest BCUT2D eigenvalue weighted by Crippen LogP contribution is 2.28. The Morgan fingerprint density at radius 1 is 1.45 bits per heavy atom. The fourth-order valence-corrected chi connectivity index (χ4v) is 2.20. The van der Waals surface area contributed by atoms with Crippen LogP contribution in [0.2, 0.25) is 0 Å². The Morgan fingerprint density at radius 3 is 2.70 bits per heavy atom. The molecule has 0 N–H and O–H groups in total. The van der Waals surface area contributed by atoms with Crippen molar-refractivity contribution >= 4 is 11.9 Å². The first-order valence-corrected chi connectivity index (χ1v) is 7.07. The molecule has 20 heavy (non-hydrogen) atoms. The molecule has 1 aromatic heterocycles. The molecular weight excluding hydrogens is 258 g/mol. The van der Waals surface area contributed by atoms with E-state index in [9.17, 15) is 9.59 Å². The Labute approximate surface area is 118 Å². The number of carbonyl (C=O) groups excluding carboxylic acids is 2. The molecule has 1 saturated carbocycles. The molecule has 2 rings (SSSR count). The predicted octanol–water partition coefficient (Wildman–Crippen LogP) is 1.38. The summed E-state index contributed by atoms with van der Waals surface area (Å²) < 4.78 is 6.62. The maximum Gasteiger partial charge on any atom is 0.325 e. The van der Waals surface area contributed by atoms with Gasteiger partial charge in [-0.1, -0.05) is 0 Å². The molecule has 0 atom stereocenters. The molecule has 1 aromatic rings. The number of carbonyl (C=O) groups is 2. The van der Waals surface area contributed by atoms with Crippen molar-refractivity contribution in [3.63, 3.8) is 0 Å². The standard InChI is InChI=1S/C14H21N3O3/c1-4-17-12(8-10(3)15-17)14(19)16(11-6-7-11)9-13(18)20-5-2/h8,11H,4-7,9H2,1-3H3. The molecule has 1 amide bonds. The van der Waals surface area contributed by atoms with Gasteiger partial charge in [-0.2, -0.15) is 5.10 Å². The smallest absolute Gasteiger partial charge is 0.325 e. The second kappa shape index (κ2) is 6.07. The molecule has 0 aliphatic heterocycles. The fraction of sp³-hybridized carbons (Fsp3) is 0.643. The van der Waals surface area contributed by atoms with Crippen molar-refractivity contribution < 1.29 is 14.3 Å². The molecule has 0 unspecified atom stereocenters. The lowest BCUT2D eigenvalue weighted by atomic mass is 10.3. The number of hydrogen-bond donors (Lipinski definition) is 0. The van der Waals surface area contributed by atoms with Crippen LogP contribution >= 0.6 is 0 Å². The maximum absolute atomic E-state index is 12.6. The monoisotopic (exact) mass is 279 g/mol. The lowest BCUT2D eigenvalue weighted by molar-refractivity contribution is -0.144. The van der Waals surface area contributed by atoms with Crippen molar-refractivity contribution in [2.75, 3.05) is 13.2 Å². The summed E-state index contributed by atoms with van der Waals surface area (Å²) in [5.41, 5.74) is 1.35. The van der Waals surface area contributed by atoms with E-state index in [1.54, 1.807) is 22.6 Å². The Kier molecular flexibility index (Phi) is 4.42. The Morgan fingerprint density at radius 2 is 2.15 bits per heavy atom. The van der Waals surface area contributed by atoms with Gasteiger partial charge in [0.1, 0.15) is 12.2 Å². The zero-order chi connectivity index (χ0) is 14.7. The quantitative estimate of drug-likeness (QED) is 0.738. The number of ether oxygens (including phenoxy) is 1. The summed E-state index contributed by atoms with van der Waals surface area (Å²) in [4.78, 5) is 25.9. The van der Waals surface area contributed by atoms with Gasteiger partial charge in [-0.05, 0) is 39.7 Å². The van der Waals surface area contributed by atoms with Gasteiger partial charge in [-0.15, -0.1) is 0 Å².